The number of rotatable bonds is 14. The summed E-state index contributed by atoms with van der Waals surface area (Å²) in [5.41, 5.74) is 5.51. The molecule has 3 N–H and O–H groups in total. The second-order valence-electron chi connectivity index (χ2n) is 12.6. The van der Waals surface area contributed by atoms with Crippen LogP contribution in [-0.2, 0) is 0 Å². The SMILES string of the molecule is CCNCCOc1cccc(-c2cc(C(C)C)c(NC(=O)N(CCCC(C)C)c3cc4cccnc4[nH]c3=O)c(C(C)C)c2)c1. The number of carbonyl (C=O) groups is 1. The summed E-state index contributed by atoms with van der Waals surface area (Å²) in [6.45, 7) is 17.7. The quantitative estimate of drug-likeness (QED) is 0.125. The number of H-pyrrole nitrogens is 1. The van der Waals surface area contributed by atoms with Crippen LogP contribution in [-0.4, -0.2) is 42.2 Å². The number of fused-ring (bicyclic) bond motifs is 1. The highest BCUT2D eigenvalue weighted by Gasteiger charge is 2.24. The lowest BCUT2D eigenvalue weighted by atomic mass is 9.88. The maximum Gasteiger partial charge on any atom is 0.326 e. The molecule has 0 aliphatic heterocycles. The molecule has 0 aliphatic rings. The number of hydrogen-bond acceptors (Lipinski definition) is 5. The van der Waals surface area contributed by atoms with Gasteiger partial charge in [0.05, 0.1) is 0 Å². The monoisotopic (exact) mass is 611 g/mol. The van der Waals surface area contributed by atoms with Crippen LogP contribution < -0.4 is 25.8 Å². The van der Waals surface area contributed by atoms with E-state index in [1.54, 1.807) is 17.2 Å². The van der Waals surface area contributed by atoms with Gasteiger partial charge in [-0.05, 0) is 102 Å². The molecule has 4 aromatic rings. The van der Waals surface area contributed by atoms with Crippen LogP contribution in [0.5, 0.6) is 5.75 Å². The first-order valence-electron chi connectivity index (χ1n) is 16.3. The Morgan fingerprint density at radius 3 is 2.36 bits per heavy atom. The van der Waals surface area contributed by atoms with E-state index in [1.807, 2.05) is 24.3 Å². The fourth-order valence-corrected chi connectivity index (χ4v) is 5.48. The Kier molecular flexibility index (Phi) is 11.8. The van der Waals surface area contributed by atoms with Crippen molar-refractivity contribution in [3.63, 3.8) is 0 Å². The standard InChI is InChI=1S/C37H49N5O3/c1-8-38-17-19-45-30-15-9-13-27(20-30)29-21-31(25(4)5)34(32(22-29)26(6)7)40-37(44)42(18-11-12-24(2)3)33-23-28-14-10-16-39-35(28)41-36(33)43/h9-10,13-16,20-26,38H,8,11-12,17-19H2,1-7H3,(H,40,44)(H,39,41,43). The minimum absolute atomic E-state index is 0.141. The molecule has 0 fully saturated rings. The predicted molar refractivity (Wildman–Crippen MR) is 187 cm³/mol. The van der Waals surface area contributed by atoms with Crippen LogP contribution in [0.3, 0.4) is 0 Å². The van der Waals surface area contributed by atoms with Gasteiger partial charge in [-0.3, -0.25) is 9.69 Å². The minimum Gasteiger partial charge on any atom is -0.492 e. The molecule has 0 saturated heterocycles. The number of aromatic nitrogens is 2. The lowest BCUT2D eigenvalue weighted by molar-refractivity contribution is 0.256. The zero-order valence-corrected chi connectivity index (χ0v) is 27.9. The molecule has 0 radical (unpaired) electrons. The van der Waals surface area contributed by atoms with Gasteiger partial charge < -0.3 is 20.4 Å². The Balaban J connectivity index is 1.72. The number of carbonyl (C=O) groups excluding carboxylic acids is 1. The van der Waals surface area contributed by atoms with Gasteiger partial charge in [-0.25, -0.2) is 9.78 Å². The van der Waals surface area contributed by atoms with Gasteiger partial charge in [-0.2, -0.15) is 0 Å². The summed E-state index contributed by atoms with van der Waals surface area (Å²) in [6.07, 6.45) is 3.36. The number of pyridine rings is 2. The molecule has 240 valence electrons. The minimum atomic E-state index is -0.336. The number of ether oxygens (including phenoxy) is 1. The van der Waals surface area contributed by atoms with E-state index in [-0.39, 0.29) is 23.4 Å². The molecule has 0 bridgehead atoms. The molecule has 0 atom stereocenters. The Bertz CT molecular complexity index is 1610. The van der Waals surface area contributed by atoms with E-state index in [4.69, 9.17) is 4.74 Å². The van der Waals surface area contributed by atoms with E-state index in [0.717, 1.165) is 65.0 Å². The van der Waals surface area contributed by atoms with Crippen molar-refractivity contribution in [1.29, 1.82) is 0 Å². The van der Waals surface area contributed by atoms with Crippen LogP contribution in [0.2, 0.25) is 0 Å². The van der Waals surface area contributed by atoms with Crippen LogP contribution >= 0.6 is 0 Å². The van der Waals surface area contributed by atoms with Crippen LogP contribution in [0.4, 0.5) is 16.2 Å². The molecule has 2 heterocycles. The van der Waals surface area contributed by atoms with Crippen molar-refractivity contribution in [3.8, 4) is 16.9 Å². The Morgan fingerprint density at radius 1 is 0.956 bits per heavy atom. The average Bonchev–Trinajstić information content (AvgIpc) is 3.01. The van der Waals surface area contributed by atoms with Crippen LogP contribution in [0.15, 0.2) is 65.6 Å². The Hall–Kier alpha value is -4.17. The van der Waals surface area contributed by atoms with Crippen molar-refractivity contribution in [2.24, 2.45) is 5.92 Å². The van der Waals surface area contributed by atoms with Crippen LogP contribution in [0.1, 0.15) is 84.3 Å². The maximum atomic E-state index is 14.2. The van der Waals surface area contributed by atoms with Crippen molar-refractivity contribution in [3.05, 3.63) is 82.3 Å². The number of hydrogen-bond donors (Lipinski definition) is 3. The topological polar surface area (TPSA) is 99.3 Å². The lowest BCUT2D eigenvalue weighted by Gasteiger charge is -2.27. The number of aromatic amines is 1. The number of amides is 2. The van der Waals surface area contributed by atoms with Crippen LogP contribution in [0.25, 0.3) is 22.2 Å². The van der Waals surface area contributed by atoms with Gasteiger partial charge >= 0.3 is 6.03 Å². The summed E-state index contributed by atoms with van der Waals surface area (Å²) in [7, 11) is 0. The fraction of sp³-hybridized carbons (Fsp3) is 0.432. The molecule has 4 rings (SSSR count). The van der Waals surface area contributed by atoms with Crippen molar-refractivity contribution < 1.29 is 9.53 Å². The van der Waals surface area contributed by atoms with Crippen molar-refractivity contribution in [2.45, 2.75) is 73.1 Å². The predicted octanol–water partition coefficient (Wildman–Crippen LogP) is 8.30. The normalized spacial score (nSPS) is 11.5. The van der Waals surface area contributed by atoms with Gasteiger partial charge in [0, 0.05) is 30.4 Å². The van der Waals surface area contributed by atoms with Crippen molar-refractivity contribution in [2.75, 3.05) is 36.5 Å². The third kappa shape index (κ3) is 8.72. The molecule has 0 saturated carbocycles. The molecule has 8 heteroatoms. The Labute approximate surface area is 267 Å². The highest BCUT2D eigenvalue weighted by Crippen LogP contribution is 2.38. The molecule has 2 aromatic carbocycles. The Morgan fingerprint density at radius 2 is 1.69 bits per heavy atom. The number of likely N-dealkylation sites (N-methyl/N-ethyl adjacent to an activating group) is 1. The first-order chi connectivity index (χ1) is 21.6. The molecular formula is C37H49N5O3. The van der Waals surface area contributed by atoms with Gasteiger partial charge in [0.1, 0.15) is 23.7 Å². The second kappa shape index (κ2) is 15.7. The summed E-state index contributed by atoms with van der Waals surface area (Å²) < 4.78 is 6.00. The summed E-state index contributed by atoms with van der Waals surface area (Å²) in [5.74, 6) is 1.59. The van der Waals surface area contributed by atoms with Crippen LogP contribution in [0, 0.1) is 5.92 Å². The molecule has 2 aromatic heterocycles. The number of benzene rings is 2. The van der Waals surface area contributed by atoms with E-state index in [0.29, 0.717) is 30.4 Å². The molecule has 45 heavy (non-hydrogen) atoms. The molecule has 0 unspecified atom stereocenters. The van der Waals surface area contributed by atoms with E-state index in [9.17, 15) is 9.59 Å². The highest BCUT2D eigenvalue weighted by atomic mass is 16.5. The largest absolute Gasteiger partial charge is 0.492 e. The van der Waals surface area contributed by atoms with E-state index >= 15 is 0 Å². The maximum absolute atomic E-state index is 14.2. The molecular weight excluding hydrogens is 562 g/mol. The number of anilines is 2. The molecule has 0 aliphatic carbocycles. The van der Waals surface area contributed by atoms with Gasteiger partial charge in [-0.15, -0.1) is 0 Å². The van der Waals surface area contributed by atoms with E-state index in [1.165, 1.54) is 0 Å². The first kappa shape index (κ1) is 33.7. The number of nitrogens with one attached hydrogen (secondary N) is 3. The molecule has 8 nitrogen and oxygen atoms in total. The lowest BCUT2D eigenvalue weighted by Crippen LogP contribution is -2.39. The first-order valence-corrected chi connectivity index (χ1v) is 16.3. The van der Waals surface area contributed by atoms with Crippen molar-refractivity contribution in [1.82, 2.24) is 15.3 Å². The number of urea groups is 1. The summed E-state index contributed by atoms with van der Waals surface area (Å²) in [5, 5.41) is 7.33. The number of nitrogens with zero attached hydrogens (tertiary/aromatic N) is 2. The third-order valence-corrected chi connectivity index (χ3v) is 7.94. The van der Waals surface area contributed by atoms with E-state index < -0.39 is 0 Å². The smallest absolute Gasteiger partial charge is 0.326 e. The van der Waals surface area contributed by atoms with Gasteiger partial charge in [0.25, 0.3) is 5.56 Å². The van der Waals surface area contributed by atoms with Gasteiger partial charge in [0.2, 0.25) is 0 Å². The molecule has 0 spiro atoms. The molecule has 2 amide bonds. The average molecular weight is 612 g/mol. The summed E-state index contributed by atoms with van der Waals surface area (Å²) >= 11 is 0. The highest BCUT2D eigenvalue weighted by molar-refractivity contribution is 6.03. The summed E-state index contributed by atoms with van der Waals surface area (Å²) in [6, 6.07) is 17.7. The second-order valence-corrected chi connectivity index (χ2v) is 12.6. The van der Waals surface area contributed by atoms with E-state index in [2.05, 4.69) is 93.3 Å². The third-order valence-electron chi connectivity index (χ3n) is 7.94. The van der Waals surface area contributed by atoms with Gasteiger partial charge in [0.15, 0.2) is 0 Å². The summed E-state index contributed by atoms with van der Waals surface area (Å²) in [4.78, 5) is 36.2. The fourth-order valence-electron chi connectivity index (χ4n) is 5.48. The van der Waals surface area contributed by atoms with Crippen molar-refractivity contribution >= 4 is 28.4 Å². The zero-order chi connectivity index (χ0) is 32.5. The van der Waals surface area contributed by atoms with Gasteiger partial charge in [-0.1, -0.05) is 60.6 Å². The zero-order valence-electron chi connectivity index (χ0n) is 27.9.